The fraction of sp³-hybridized carbons (Fsp3) is 0.364. The number of carbonyl (C=O) groups excluding carboxylic acids is 1. The third kappa shape index (κ3) is 5.54. The number of nitrogens with one attached hydrogen (secondary N) is 1. The minimum Gasteiger partial charge on any atom is -0.351 e. The monoisotopic (exact) mass is 526 g/mol. The van der Waals surface area contributed by atoms with E-state index in [-0.39, 0.29) is 34.2 Å². The SMILES string of the molecule is CC(=O)c1cccc(-n2cnc(-c3nc(NC4CCN(S(C)=O)CC4)ncc3C(F)(F)F)c2)c1Cl. The molecule has 0 aliphatic carbocycles. The maximum atomic E-state index is 13.8. The Balaban J connectivity index is 1.65. The van der Waals surface area contributed by atoms with Crippen molar-refractivity contribution in [3.05, 3.63) is 53.1 Å². The highest BCUT2D eigenvalue weighted by molar-refractivity contribution is 7.81. The standard InChI is InChI=1S/C22H22ClF3N6O2S/c1-13(33)15-4-3-5-18(19(15)23)31-11-17(28-12-31)20-16(22(24,25)26)10-27-21(30-20)29-14-6-8-32(9-7-14)35(2)34/h3-5,10-12,14H,6-9H2,1-2H3,(H,27,29,30). The highest BCUT2D eigenvalue weighted by atomic mass is 35.5. The first-order valence-corrected chi connectivity index (χ1v) is 12.6. The van der Waals surface area contributed by atoms with E-state index >= 15 is 0 Å². The summed E-state index contributed by atoms with van der Waals surface area (Å²) in [7, 11) is -1.06. The molecule has 1 atom stereocenters. The van der Waals surface area contributed by atoms with E-state index in [1.807, 2.05) is 4.31 Å². The molecule has 0 radical (unpaired) electrons. The zero-order valence-electron chi connectivity index (χ0n) is 18.8. The number of ketones is 1. The molecule has 3 heterocycles. The van der Waals surface area contributed by atoms with Crippen molar-refractivity contribution in [1.82, 2.24) is 23.8 Å². The Bertz CT molecular complexity index is 1270. The lowest BCUT2D eigenvalue weighted by atomic mass is 10.1. The molecule has 1 aliphatic heterocycles. The van der Waals surface area contributed by atoms with Gasteiger partial charge in [-0.3, -0.25) is 4.79 Å². The number of halogens is 4. The number of carbonyl (C=O) groups is 1. The molecule has 0 spiro atoms. The summed E-state index contributed by atoms with van der Waals surface area (Å²) in [6.45, 7) is 2.57. The molecule has 1 aliphatic rings. The second-order valence-electron chi connectivity index (χ2n) is 8.09. The lowest BCUT2D eigenvalue weighted by Gasteiger charge is -2.30. The second kappa shape index (κ2) is 10.0. The van der Waals surface area contributed by atoms with Crippen LogP contribution < -0.4 is 5.32 Å². The van der Waals surface area contributed by atoms with Crippen molar-refractivity contribution in [2.45, 2.75) is 32.0 Å². The van der Waals surface area contributed by atoms with E-state index in [0.29, 0.717) is 37.2 Å². The molecular weight excluding hydrogens is 505 g/mol. The first kappa shape index (κ1) is 25.3. The minimum atomic E-state index is -4.69. The van der Waals surface area contributed by atoms with E-state index in [4.69, 9.17) is 11.6 Å². The van der Waals surface area contributed by atoms with E-state index in [0.717, 1.165) is 6.20 Å². The van der Waals surface area contributed by atoms with Crippen LogP contribution in [-0.4, -0.2) is 59.2 Å². The highest BCUT2D eigenvalue weighted by Crippen LogP contribution is 2.36. The maximum absolute atomic E-state index is 13.8. The summed E-state index contributed by atoms with van der Waals surface area (Å²) in [6.07, 6.45) is 1.65. The molecular formula is C22H22ClF3N6O2S. The fourth-order valence-electron chi connectivity index (χ4n) is 3.86. The number of alkyl halides is 3. The molecule has 186 valence electrons. The van der Waals surface area contributed by atoms with Crippen molar-refractivity contribution in [2.24, 2.45) is 0 Å². The molecule has 1 N–H and O–H groups in total. The summed E-state index contributed by atoms with van der Waals surface area (Å²) < 4.78 is 56.2. The molecule has 2 aromatic heterocycles. The van der Waals surface area contributed by atoms with Crippen molar-refractivity contribution < 1.29 is 22.2 Å². The maximum Gasteiger partial charge on any atom is 0.420 e. The minimum absolute atomic E-state index is 0.0248. The van der Waals surface area contributed by atoms with Gasteiger partial charge in [0.25, 0.3) is 0 Å². The summed E-state index contributed by atoms with van der Waals surface area (Å²) in [5.41, 5.74) is -0.725. The predicted octanol–water partition coefficient (Wildman–Crippen LogP) is 4.37. The Labute approximate surface area is 207 Å². The molecule has 0 bridgehead atoms. The lowest BCUT2D eigenvalue weighted by Crippen LogP contribution is -2.39. The van der Waals surface area contributed by atoms with E-state index in [2.05, 4.69) is 20.3 Å². The van der Waals surface area contributed by atoms with Crippen molar-refractivity contribution in [3.8, 4) is 17.1 Å². The van der Waals surface area contributed by atoms with Crippen molar-refractivity contribution in [2.75, 3.05) is 24.7 Å². The van der Waals surface area contributed by atoms with Gasteiger partial charge < -0.3 is 9.88 Å². The van der Waals surface area contributed by atoms with Crippen LogP contribution in [0.1, 0.15) is 35.7 Å². The Morgan fingerprint density at radius 3 is 2.57 bits per heavy atom. The molecule has 0 amide bonds. The van der Waals surface area contributed by atoms with Crippen molar-refractivity contribution in [1.29, 1.82) is 0 Å². The smallest absolute Gasteiger partial charge is 0.351 e. The quantitative estimate of drug-likeness (QED) is 0.479. The van der Waals surface area contributed by atoms with Gasteiger partial charge in [0.15, 0.2) is 5.78 Å². The average molecular weight is 527 g/mol. The van der Waals surface area contributed by atoms with Gasteiger partial charge in [-0.25, -0.2) is 23.5 Å². The van der Waals surface area contributed by atoms with Gasteiger partial charge in [0, 0.05) is 43.3 Å². The first-order chi connectivity index (χ1) is 16.5. The topological polar surface area (TPSA) is 93.0 Å². The number of benzene rings is 1. The molecule has 1 fully saturated rings. The molecule has 35 heavy (non-hydrogen) atoms. The normalized spacial score (nSPS) is 16.3. The van der Waals surface area contributed by atoms with E-state index < -0.39 is 22.7 Å². The van der Waals surface area contributed by atoms with Crippen LogP contribution in [0.2, 0.25) is 5.02 Å². The third-order valence-corrected chi connectivity index (χ3v) is 7.20. The molecule has 1 unspecified atom stereocenters. The van der Waals surface area contributed by atoms with Crippen LogP contribution in [0.3, 0.4) is 0 Å². The van der Waals surface area contributed by atoms with Crippen LogP contribution in [0, 0.1) is 0 Å². The zero-order chi connectivity index (χ0) is 25.3. The molecule has 13 heteroatoms. The van der Waals surface area contributed by atoms with Crippen LogP contribution in [0.4, 0.5) is 19.1 Å². The molecule has 8 nitrogen and oxygen atoms in total. The number of hydrogen-bond acceptors (Lipinski definition) is 6. The van der Waals surface area contributed by atoms with Gasteiger partial charge in [-0.1, -0.05) is 17.7 Å². The zero-order valence-corrected chi connectivity index (χ0v) is 20.4. The van der Waals surface area contributed by atoms with Crippen LogP contribution in [0.25, 0.3) is 17.1 Å². The van der Waals surface area contributed by atoms with Crippen molar-refractivity contribution >= 4 is 34.3 Å². The van der Waals surface area contributed by atoms with E-state index in [9.17, 15) is 22.2 Å². The van der Waals surface area contributed by atoms with Crippen LogP contribution in [-0.2, 0) is 17.2 Å². The van der Waals surface area contributed by atoms with Crippen LogP contribution in [0.15, 0.2) is 36.9 Å². The predicted molar refractivity (Wildman–Crippen MR) is 127 cm³/mol. The molecule has 4 rings (SSSR count). The van der Waals surface area contributed by atoms with E-state index in [1.165, 1.54) is 24.0 Å². The Kier molecular flexibility index (Phi) is 7.25. The lowest BCUT2D eigenvalue weighted by molar-refractivity contribution is -0.137. The van der Waals surface area contributed by atoms with Gasteiger partial charge in [0.1, 0.15) is 23.3 Å². The Morgan fingerprint density at radius 1 is 1.23 bits per heavy atom. The van der Waals surface area contributed by atoms with Crippen LogP contribution >= 0.6 is 11.6 Å². The molecule has 1 saturated heterocycles. The van der Waals surface area contributed by atoms with Gasteiger partial charge in [-0.15, -0.1) is 0 Å². The highest BCUT2D eigenvalue weighted by Gasteiger charge is 2.36. The van der Waals surface area contributed by atoms with Gasteiger partial charge in [0.05, 0.1) is 21.7 Å². The number of piperidine rings is 1. The summed E-state index contributed by atoms with van der Waals surface area (Å²) in [5.74, 6) is -0.186. The van der Waals surface area contributed by atoms with Gasteiger partial charge in [-0.2, -0.15) is 13.2 Å². The summed E-state index contributed by atoms with van der Waals surface area (Å²) in [4.78, 5) is 24.0. The number of Topliss-reactive ketones (excluding diaryl/α,β-unsaturated/α-hetero) is 1. The van der Waals surface area contributed by atoms with Gasteiger partial charge >= 0.3 is 6.18 Å². The van der Waals surface area contributed by atoms with Crippen LogP contribution in [0.5, 0.6) is 0 Å². The largest absolute Gasteiger partial charge is 0.420 e. The number of anilines is 1. The first-order valence-electron chi connectivity index (χ1n) is 10.7. The molecule has 3 aromatic rings. The van der Waals surface area contributed by atoms with Gasteiger partial charge in [-0.05, 0) is 31.9 Å². The fourth-order valence-corrected chi connectivity index (χ4v) is 4.94. The summed E-state index contributed by atoms with van der Waals surface area (Å²) in [6, 6.07) is 4.77. The number of imidazole rings is 1. The number of rotatable bonds is 6. The number of aromatic nitrogens is 4. The molecule has 1 aromatic carbocycles. The third-order valence-electron chi connectivity index (χ3n) is 5.71. The number of hydrogen-bond donors (Lipinski definition) is 1. The Hall–Kier alpha value is -2.83. The number of nitrogens with zero attached hydrogens (tertiary/aromatic N) is 5. The Morgan fingerprint density at radius 2 is 1.94 bits per heavy atom. The van der Waals surface area contributed by atoms with E-state index in [1.54, 1.807) is 24.5 Å². The summed E-state index contributed by atoms with van der Waals surface area (Å²) in [5, 5.41) is 3.26. The van der Waals surface area contributed by atoms with Gasteiger partial charge in [0.2, 0.25) is 5.95 Å². The second-order valence-corrected chi connectivity index (χ2v) is 9.83. The molecule has 0 saturated carbocycles. The van der Waals surface area contributed by atoms with Crippen molar-refractivity contribution in [3.63, 3.8) is 0 Å². The average Bonchev–Trinajstić information content (AvgIpc) is 3.28. The summed E-state index contributed by atoms with van der Waals surface area (Å²) >= 11 is 6.35.